The molecule has 1 aliphatic carbocycles. The van der Waals surface area contributed by atoms with Crippen molar-refractivity contribution in [3.05, 3.63) is 29.6 Å². The minimum absolute atomic E-state index is 0.0431. The van der Waals surface area contributed by atoms with Gasteiger partial charge in [0.05, 0.1) is 0 Å². The van der Waals surface area contributed by atoms with Crippen LogP contribution in [0.3, 0.4) is 0 Å². The van der Waals surface area contributed by atoms with Crippen LogP contribution in [0, 0.1) is 0 Å². The molecule has 4 nitrogen and oxygen atoms in total. The van der Waals surface area contributed by atoms with Crippen LogP contribution in [0.15, 0.2) is 18.3 Å². The molecule has 1 heterocycles. The van der Waals surface area contributed by atoms with Crippen LogP contribution in [-0.4, -0.2) is 17.2 Å². The summed E-state index contributed by atoms with van der Waals surface area (Å²) in [4.78, 5) is 13.8. The molecule has 1 fully saturated rings. The van der Waals surface area contributed by atoms with Crippen molar-refractivity contribution in [1.82, 2.24) is 4.98 Å². The minimum Gasteiger partial charge on any atom is -0.446 e. The van der Waals surface area contributed by atoms with Gasteiger partial charge in [0.2, 0.25) is 0 Å². The number of pyridine rings is 1. The van der Waals surface area contributed by atoms with Gasteiger partial charge in [-0.3, -0.25) is 4.98 Å². The summed E-state index contributed by atoms with van der Waals surface area (Å²) in [5.74, 6) is -0.0431. The molecule has 2 N–H and O–H groups in total. The van der Waals surface area contributed by atoms with Gasteiger partial charge >= 0.3 is 12.3 Å². The second kappa shape index (κ2) is 4.47. The zero-order valence-electron chi connectivity index (χ0n) is 9.28. The molecule has 7 heteroatoms. The largest absolute Gasteiger partial charge is 0.446 e. The lowest BCUT2D eigenvalue weighted by atomic mass is 9.77. The second-order valence-corrected chi connectivity index (χ2v) is 4.20. The number of hydrogen-bond donors (Lipinski definition) is 1. The molecule has 2 rings (SSSR count). The highest BCUT2D eigenvalue weighted by molar-refractivity contribution is 5.64. The average molecular weight is 260 g/mol. The van der Waals surface area contributed by atoms with Crippen molar-refractivity contribution in [1.29, 1.82) is 0 Å². The standard InChI is InChI=1S/C11H11F3N2O2/c12-11(13,14)9-5-6(1-2-16-9)7-3-8(4-7)18-10(15)17/h1-2,5,7-8H,3-4H2,(H2,15,17). The third-order valence-electron chi connectivity index (χ3n) is 2.92. The number of nitrogens with zero attached hydrogens (tertiary/aromatic N) is 1. The topological polar surface area (TPSA) is 65.2 Å². The first kappa shape index (κ1) is 12.7. The summed E-state index contributed by atoms with van der Waals surface area (Å²) in [5.41, 5.74) is 4.50. The molecule has 98 valence electrons. The lowest BCUT2D eigenvalue weighted by molar-refractivity contribution is -0.141. The molecule has 0 aliphatic heterocycles. The maximum absolute atomic E-state index is 12.5. The first-order valence-corrected chi connectivity index (χ1v) is 5.35. The molecule has 0 saturated heterocycles. The van der Waals surface area contributed by atoms with Crippen LogP contribution in [0.2, 0.25) is 0 Å². The van der Waals surface area contributed by atoms with E-state index in [1.54, 1.807) is 6.07 Å². The fraction of sp³-hybridized carbons (Fsp3) is 0.455. The van der Waals surface area contributed by atoms with E-state index in [9.17, 15) is 18.0 Å². The summed E-state index contributed by atoms with van der Waals surface area (Å²) in [6.07, 6.45) is -3.48. The lowest BCUT2D eigenvalue weighted by Gasteiger charge is -2.34. The Morgan fingerprint density at radius 2 is 2.11 bits per heavy atom. The highest BCUT2D eigenvalue weighted by Gasteiger charge is 2.36. The first-order valence-electron chi connectivity index (χ1n) is 5.35. The number of carbonyl (C=O) groups is 1. The van der Waals surface area contributed by atoms with Crippen molar-refractivity contribution in [2.75, 3.05) is 0 Å². The van der Waals surface area contributed by atoms with Gasteiger partial charge in [-0.25, -0.2) is 4.79 Å². The van der Waals surface area contributed by atoms with Crippen LogP contribution in [-0.2, 0) is 10.9 Å². The smallest absolute Gasteiger partial charge is 0.433 e. The number of amides is 1. The van der Waals surface area contributed by atoms with Crippen LogP contribution in [0.4, 0.5) is 18.0 Å². The number of nitrogens with two attached hydrogens (primary N) is 1. The Bertz CT molecular complexity index is 456. The molecular formula is C11H11F3N2O2. The number of rotatable bonds is 2. The lowest BCUT2D eigenvalue weighted by Crippen LogP contribution is -2.33. The van der Waals surface area contributed by atoms with Crippen molar-refractivity contribution in [2.45, 2.75) is 31.0 Å². The van der Waals surface area contributed by atoms with Gasteiger partial charge in [-0.1, -0.05) is 0 Å². The van der Waals surface area contributed by atoms with Crippen molar-refractivity contribution < 1.29 is 22.7 Å². The van der Waals surface area contributed by atoms with E-state index < -0.39 is 18.0 Å². The van der Waals surface area contributed by atoms with Crippen LogP contribution >= 0.6 is 0 Å². The van der Waals surface area contributed by atoms with Crippen molar-refractivity contribution in [2.24, 2.45) is 5.73 Å². The number of ether oxygens (including phenoxy) is 1. The zero-order chi connectivity index (χ0) is 13.3. The van der Waals surface area contributed by atoms with E-state index in [-0.39, 0.29) is 12.0 Å². The summed E-state index contributed by atoms with van der Waals surface area (Å²) in [7, 11) is 0. The minimum atomic E-state index is -4.44. The van der Waals surface area contributed by atoms with Crippen molar-refractivity contribution in [3.63, 3.8) is 0 Å². The van der Waals surface area contributed by atoms with Gasteiger partial charge in [0.1, 0.15) is 11.8 Å². The van der Waals surface area contributed by atoms with Gasteiger partial charge in [0.25, 0.3) is 0 Å². The Labute approximate surface area is 101 Å². The predicted molar refractivity (Wildman–Crippen MR) is 55.7 cm³/mol. The normalized spacial score (nSPS) is 23.3. The number of aromatic nitrogens is 1. The van der Waals surface area contributed by atoms with Gasteiger partial charge < -0.3 is 10.5 Å². The molecule has 1 amide bonds. The molecule has 1 aromatic heterocycles. The Hall–Kier alpha value is -1.79. The van der Waals surface area contributed by atoms with Gasteiger partial charge in [-0.05, 0) is 36.5 Å². The molecule has 1 saturated carbocycles. The maximum atomic E-state index is 12.5. The van der Waals surface area contributed by atoms with Crippen LogP contribution in [0.25, 0.3) is 0 Å². The summed E-state index contributed by atoms with van der Waals surface area (Å²) < 4.78 is 42.1. The van der Waals surface area contributed by atoms with Gasteiger partial charge in [-0.2, -0.15) is 13.2 Å². The van der Waals surface area contributed by atoms with E-state index >= 15 is 0 Å². The van der Waals surface area contributed by atoms with E-state index in [2.05, 4.69) is 4.98 Å². The summed E-state index contributed by atoms with van der Waals surface area (Å²) in [6, 6.07) is 2.57. The van der Waals surface area contributed by atoms with Crippen molar-refractivity contribution in [3.8, 4) is 0 Å². The number of primary amides is 1. The summed E-state index contributed by atoms with van der Waals surface area (Å²) in [6.45, 7) is 0. The van der Waals surface area contributed by atoms with E-state index in [0.29, 0.717) is 18.4 Å². The second-order valence-electron chi connectivity index (χ2n) is 4.20. The predicted octanol–water partition coefficient (Wildman–Crippen LogP) is 2.44. The summed E-state index contributed by atoms with van der Waals surface area (Å²) in [5, 5.41) is 0. The molecule has 1 aromatic rings. The molecule has 0 radical (unpaired) electrons. The highest BCUT2D eigenvalue weighted by Crippen LogP contribution is 2.40. The Morgan fingerprint density at radius 3 is 2.67 bits per heavy atom. The molecule has 0 atom stereocenters. The van der Waals surface area contributed by atoms with E-state index in [0.717, 1.165) is 12.3 Å². The first-order chi connectivity index (χ1) is 8.36. The molecular weight excluding hydrogens is 249 g/mol. The van der Waals surface area contributed by atoms with Gasteiger partial charge in [0.15, 0.2) is 0 Å². The fourth-order valence-corrected chi connectivity index (χ4v) is 1.95. The Balaban J connectivity index is 2.02. The number of halogens is 3. The van der Waals surface area contributed by atoms with Gasteiger partial charge in [-0.15, -0.1) is 0 Å². The highest BCUT2D eigenvalue weighted by atomic mass is 19.4. The molecule has 0 spiro atoms. The van der Waals surface area contributed by atoms with Crippen LogP contribution in [0.5, 0.6) is 0 Å². The third-order valence-corrected chi connectivity index (χ3v) is 2.92. The monoisotopic (exact) mass is 260 g/mol. The molecule has 0 aromatic carbocycles. The molecule has 18 heavy (non-hydrogen) atoms. The molecule has 0 unspecified atom stereocenters. The maximum Gasteiger partial charge on any atom is 0.433 e. The summed E-state index contributed by atoms with van der Waals surface area (Å²) >= 11 is 0. The number of carbonyl (C=O) groups excluding carboxylic acids is 1. The number of hydrogen-bond acceptors (Lipinski definition) is 3. The van der Waals surface area contributed by atoms with Gasteiger partial charge in [0, 0.05) is 6.20 Å². The van der Waals surface area contributed by atoms with E-state index in [1.165, 1.54) is 0 Å². The SMILES string of the molecule is NC(=O)OC1CC(c2ccnc(C(F)(F)F)c2)C1. The zero-order valence-corrected chi connectivity index (χ0v) is 9.28. The number of alkyl halides is 3. The molecule has 0 bridgehead atoms. The average Bonchev–Trinajstić information content (AvgIpc) is 2.21. The van der Waals surface area contributed by atoms with E-state index in [1.807, 2.05) is 0 Å². The van der Waals surface area contributed by atoms with Crippen LogP contribution < -0.4 is 5.73 Å². The van der Waals surface area contributed by atoms with Crippen molar-refractivity contribution >= 4 is 6.09 Å². The molecule has 1 aliphatic rings. The Kier molecular flexibility index (Phi) is 3.14. The quantitative estimate of drug-likeness (QED) is 0.888. The van der Waals surface area contributed by atoms with E-state index in [4.69, 9.17) is 10.5 Å². The Morgan fingerprint density at radius 1 is 1.44 bits per heavy atom. The third kappa shape index (κ3) is 2.72. The van der Waals surface area contributed by atoms with Crippen LogP contribution in [0.1, 0.15) is 30.0 Å². The fourth-order valence-electron chi connectivity index (χ4n) is 1.95.